The molecule has 0 atom stereocenters. The molecule has 0 aromatic carbocycles. The Hall–Kier alpha value is -1.14. The van der Waals surface area contributed by atoms with Gasteiger partial charge in [-0.15, -0.1) is 0 Å². The molecule has 0 bridgehead atoms. The van der Waals surface area contributed by atoms with E-state index in [1.807, 2.05) is 4.90 Å². The number of carbonyl (C=O) groups is 2. The molecule has 2 aliphatic heterocycles. The van der Waals surface area contributed by atoms with Crippen LogP contribution in [0.25, 0.3) is 0 Å². The van der Waals surface area contributed by atoms with Crippen molar-refractivity contribution in [2.24, 2.45) is 0 Å². The minimum atomic E-state index is 0.0531. The van der Waals surface area contributed by atoms with Crippen molar-refractivity contribution < 1.29 is 9.59 Å². The summed E-state index contributed by atoms with van der Waals surface area (Å²) in [6.07, 6.45) is 2.59. The van der Waals surface area contributed by atoms with Crippen molar-refractivity contribution in [1.29, 1.82) is 0 Å². The maximum atomic E-state index is 12.1. The van der Waals surface area contributed by atoms with E-state index in [1.54, 1.807) is 6.92 Å². The highest BCUT2D eigenvalue weighted by molar-refractivity contribution is 5.76. The van der Waals surface area contributed by atoms with Crippen LogP contribution in [0.1, 0.15) is 26.2 Å². The van der Waals surface area contributed by atoms with Gasteiger partial charge in [0.15, 0.2) is 0 Å². The van der Waals surface area contributed by atoms with E-state index in [4.69, 9.17) is 0 Å². The van der Waals surface area contributed by atoms with Crippen LogP contribution in [0.3, 0.4) is 0 Å². The monoisotopic (exact) mass is 282 g/mol. The molecule has 6 heteroatoms. The van der Waals surface area contributed by atoms with Crippen LogP contribution in [0.15, 0.2) is 0 Å². The fourth-order valence-electron chi connectivity index (χ4n) is 2.91. The molecule has 0 radical (unpaired) electrons. The average Bonchev–Trinajstić information content (AvgIpc) is 2.46. The number of piperazine rings is 1. The highest BCUT2D eigenvalue weighted by atomic mass is 16.2. The van der Waals surface area contributed by atoms with Crippen LogP contribution in [-0.2, 0) is 9.59 Å². The summed E-state index contributed by atoms with van der Waals surface area (Å²) in [5.41, 5.74) is 0. The summed E-state index contributed by atoms with van der Waals surface area (Å²) in [5, 5.41) is 6.23. The molecule has 0 spiro atoms. The fraction of sp³-hybridized carbons (Fsp3) is 0.857. The van der Waals surface area contributed by atoms with Crippen molar-refractivity contribution in [3.8, 4) is 0 Å². The minimum Gasteiger partial charge on any atom is -0.354 e. The standard InChI is InChI=1S/C14H26N4O2/c1-12(19)16-13-2-7-17(8-3-13)9-4-14(20)18-10-5-15-6-11-18/h13,15H,2-11H2,1H3,(H,16,19). The Morgan fingerprint density at radius 1 is 1.15 bits per heavy atom. The Morgan fingerprint density at radius 2 is 1.80 bits per heavy atom. The predicted octanol–water partition coefficient (Wildman–Crippen LogP) is -0.591. The lowest BCUT2D eigenvalue weighted by Crippen LogP contribution is -2.48. The second-order valence-electron chi connectivity index (χ2n) is 5.70. The van der Waals surface area contributed by atoms with Crippen LogP contribution in [-0.4, -0.2) is 73.5 Å². The first kappa shape index (κ1) is 15.3. The summed E-state index contributed by atoms with van der Waals surface area (Å²) in [6.45, 7) is 7.85. The summed E-state index contributed by atoms with van der Waals surface area (Å²) in [7, 11) is 0. The number of amides is 2. The van der Waals surface area contributed by atoms with Gasteiger partial charge in [0.05, 0.1) is 0 Å². The third-order valence-electron chi connectivity index (χ3n) is 4.11. The van der Waals surface area contributed by atoms with Gasteiger partial charge in [-0.05, 0) is 12.8 Å². The topological polar surface area (TPSA) is 64.7 Å². The Bertz CT molecular complexity index is 334. The van der Waals surface area contributed by atoms with E-state index >= 15 is 0 Å². The average molecular weight is 282 g/mol. The molecule has 2 heterocycles. The first-order valence-electron chi connectivity index (χ1n) is 7.63. The van der Waals surface area contributed by atoms with Crippen LogP contribution in [0.5, 0.6) is 0 Å². The van der Waals surface area contributed by atoms with Crippen LogP contribution in [0.2, 0.25) is 0 Å². The molecule has 20 heavy (non-hydrogen) atoms. The van der Waals surface area contributed by atoms with Crippen LogP contribution < -0.4 is 10.6 Å². The van der Waals surface area contributed by atoms with Gasteiger partial charge in [-0.3, -0.25) is 9.59 Å². The Kier molecular flexibility index (Phi) is 5.79. The van der Waals surface area contributed by atoms with Gasteiger partial charge >= 0.3 is 0 Å². The minimum absolute atomic E-state index is 0.0531. The summed E-state index contributed by atoms with van der Waals surface area (Å²) in [5.74, 6) is 0.327. The molecule has 2 aliphatic rings. The lowest BCUT2D eigenvalue weighted by atomic mass is 10.0. The molecular formula is C14H26N4O2. The summed E-state index contributed by atoms with van der Waals surface area (Å²) in [6, 6.07) is 0.313. The van der Waals surface area contributed by atoms with Gasteiger partial charge < -0.3 is 20.4 Å². The van der Waals surface area contributed by atoms with Crippen LogP contribution in [0, 0.1) is 0 Å². The molecule has 0 aliphatic carbocycles. The van der Waals surface area contributed by atoms with E-state index in [9.17, 15) is 9.59 Å². The van der Waals surface area contributed by atoms with Crippen LogP contribution in [0.4, 0.5) is 0 Å². The Balaban J connectivity index is 1.63. The molecule has 114 valence electrons. The lowest BCUT2D eigenvalue weighted by Gasteiger charge is -2.33. The summed E-state index contributed by atoms with van der Waals surface area (Å²) >= 11 is 0. The highest BCUT2D eigenvalue weighted by Crippen LogP contribution is 2.11. The molecule has 0 aromatic heterocycles. The SMILES string of the molecule is CC(=O)NC1CCN(CCC(=O)N2CCNCC2)CC1. The maximum Gasteiger partial charge on any atom is 0.223 e. The molecular weight excluding hydrogens is 256 g/mol. The van der Waals surface area contributed by atoms with E-state index < -0.39 is 0 Å². The largest absolute Gasteiger partial charge is 0.354 e. The fourth-order valence-corrected chi connectivity index (χ4v) is 2.91. The molecule has 2 rings (SSSR count). The number of likely N-dealkylation sites (tertiary alicyclic amines) is 1. The number of rotatable bonds is 4. The summed E-state index contributed by atoms with van der Waals surface area (Å²) < 4.78 is 0. The molecule has 0 unspecified atom stereocenters. The quantitative estimate of drug-likeness (QED) is 0.723. The van der Waals surface area contributed by atoms with E-state index in [1.165, 1.54) is 0 Å². The second kappa shape index (κ2) is 7.59. The van der Waals surface area contributed by atoms with E-state index in [0.717, 1.165) is 58.7 Å². The smallest absolute Gasteiger partial charge is 0.223 e. The lowest BCUT2D eigenvalue weighted by molar-refractivity contribution is -0.132. The first-order chi connectivity index (χ1) is 9.65. The third-order valence-corrected chi connectivity index (χ3v) is 4.11. The van der Waals surface area contributed by atoms with Crippen molar-refractivity contribution in [2.45, 2.75) is 32.2 Å². The van der Waals surface area contributed by atoms with Crippen molar-refractivity contribution in [3.05, 3.63) is 0 Å². The third kappa shape index (κ3) is 4.76. The number of hydrogen-bond acceptors (Lipinski definition) is 4. The number of piperidine rings is 1. The molecule has 0 saturated carbocycles. The van der Waals surface area contributed by atoms with Gasteiger partial charge in [0.1, 0.15) is 0 Å². The van der Waals surface area contributed by atoms with Gasteiger partial charge in [-0.1, -0.05) is 0 Å². The Labute approximate surface area is 120 Å². The summed E-state index contributed by atoms with van der Waals surface area (Å²) in [4.78, 5) is 27.4. The molecule has 2 N–H and O–H groups in total. The van der Waals surface area contributed by atoms with Gasteiger partial charge in [-0.2, -0.15) is 0 Å². The van der Waals surface area contributed by atoms with Gasteiger partial charge in [-0.25, -0.2) is 0 Å². The zero-order valence-electron chi connectivity index (χ0n) is 12.4. The van der Waals surface area contributed by atoms with Crippen molar-refractivity contribution >= 4 is 11.8 Å². The molecule has 2 amide bonds. The van der Waals surface area contributed by atoms with Crippen molar-refractivity contribution in [3.63, 3.8) is 0 Å². The molecule has 2 saturated heterocycles. The Morgan fingerprint density at radius 3 is 2.40 bits per heavy atom. The second-order valence-corrected chi connectivity index (χ2v) is 5.70. The normalized spacial score (nSPS) is 21.8. The van der Waals surface area contributed by atoms with Gasteiger partial charge in [0, 0.05) is 65.2 Å². The highest BCUT2D eigenvalue weighted by Gasteiger charge is 2.21. The predicted molar refractivity (Wildman–Crippen MR) is 77.3 cm³/mol. The number of hydrogen-bond donors (Lipinski definition) is 2. The van der Waals surface area contributed by atoms with Crippen molar-refractivity contribution in [2.75, 3.05) is 45.8 Å². The zero-order chi connectivity index (χ0) is 14.4. The van der Waals surface area contributed by atoms with Crippen LogP contribution >= 0.6 is 0 Å². The number of nitrogens with zero attached hydrogens (tertiary/aromatic N) is 2. The first-order valence-corrected chi connectivity index (χ1v) is 7.63. The van der Waals surface area contributed by atoms with E-state index in [-0.39, 0.29) is 11.8 Å². The zero-order valence-corrected chi connectivity index (χ0v) is 12.4. The molecule has 2 fully saturated rings. The van der Waals surface area contributed by atoms with E-state index in [0.29, 0.717) is 12.5 Å². The van der Waals surface area contributed by atoms with Gasteiger partial charge in [0.25, 0.3) is 0 Å². The van der Waals surface area contributed by atoms with Gasteiger partial charge in [0.2, 0.25) is 11.8 Å². The molecule has 0 aromatic rings. The van der Waals surface area contributed by atoms with Crippen molar-refractivity contribution in [1.82, 2.24) is 20.4 Å². The van der Waals surface area contributed by atoms with E-state index in [2.05, 4.69) is 15.5 Å². The number of carbonyl (C=O) groups excluding carboxylic acids is 2. The molecule has 6 nitrogen and oxygen atoms in total. The number of nitrogens with one attached hydrogen (secondary N) is 2. The maximum absolute atomic E-state index is 12.1.